The fraction of sp³-hybridized carbons (Fsp3) is 0.545. The molecule has 1 aliphatic heterocycles. The first-order valence-corrected chi connectivity index (χ1v) is 6.93. The number of likely N-dealkylation sites (tertiary alicyclic amines) is 1. The van der Waals surface area contributed by atoms with Crippen LogP contribution >= 0.6 is 27.3 Å². The smallest absolute Gasteiger partial charge is 0.239 e. The van der Waals surface area contributed by atoms with E-state index in [0.29, 0.717) is 0 Å². The van der Waals surface area contributed by atoms with E-state index in [9.17, 15) is 4.79 Å². The molecule has 88 valence electrons. The summed E-state index contributed by atoms with van der Waals surface area (Å²) in [5.41, 5.74) is 0. The summed E-state index contributed by atoms with van der Waals surface area (Å²) in [6.45, 7) is 1.72. The Balaban J connectivity index is 1.98. The summed E-state index contributed by atoms with van der Waals surface area (Å²) in [7, 11) is 3.90. The predicted octanol–water partition coefficient (Wildman–Crippen LogP) is 2.17. The number of nitrogens with zero attached hydrogens (tertiary/aromatic N) is 2. The van der Waals surface area contributed by atoms with Crippen LogP contribution in [0.2, 0.25) is 0 Å². The lowest BCUT2D eigenvalue weighted by Gasteiger charge is -2.21. The molecule has 1 aromatic heterocycles. The summed E-state index contributed by atoms with van der Waals surface area (Å²) < 4.78 is 1.12. The summed E-state index contributed by atoms with van der Waals surface area (Å²) in [5.74, 6) is 0.248. The summed E-state index contributed by atoms with van der Waals surface area (Å²) >= 11 is 5.17. The number of hydrogen-bond donors (Lipinski definition) is 0. The topological polar surface area (TPSA) is 23.6 Å². The molecule has 1 atom stereocenters. The van der Waals surface area contributed by atoms with E-state index in [2.05, 4.69) is 32.3 Å². The van der Waals surface area contributed by atoms with Gasteiger partial charge in [-0.1, -0.05) is 0 Å². The zero-order chi connectivity index (χ0) is 11.7. The SMILES string of the molecule is CN1CCC(N(C)Cc2cc(Br)cs2)C1=O. The number of rotatable bonds is 3. The zero-order valence-electron chi connectivity index (χ0n) is 9.44. The minimum Gasteiger partial charge on any atom is -0.344 e. The minimum atomic E-state index is 0.0610. The van der Waals surface area contributed by atoms with Crippen LogP contribution in [0.5, 0.6) is 0 Å². The standard InChI is InChI=1S/C11H15BrN2OS/c1-13-4-3-10(11(13)15)14(2)6-9-5-8(12)7-16-9/h5,7,10H,3-4,6H2,1-2H3. The first kappa shape index (κ1) is 12.1. The second-order valence-electron chi connectivity index (χ2n) is 4.21. The monoisotopic (exact) mass is 302 g/mol. The largest absolute Gasteiger partial charge is 0.344 e. The van der Waals surface area contributed by atoms with Gasteiger partial charge in [0.15, 0.2) is 0 Å². The second kappa shape index (κ2) is 4.85. The Bertz CT molecular complexity index is 393. The van der Waals surface area contributed by atoms with Crippen LogP contribution in [0.4, 0.5) is 0 Å². The van der Waals surface area contributed by atoms with Crippen LogP contribution in [0.3, 0.4) is 0 Å². The molecule has 0 spiro atoms. The molecule has 0 radical (unpaired) electrons. The fourth-order valence-corrected chi connectivity index (χ4v) is 3.52. The lowest BCUT2D eigenvalue weighted by Crippen LogP contribution is -2.37. The molecule has 0 bridgehead atoms. The molecule has 0 aromatic carbocycles. The molecule has 1 aromatic rings. The highest BCUT2D eigenvalue weighted by molar-refractivity contribution is 9.10. The number of hydrogen-bond acceptors (Lipinski definition) is 3. The van der Waals surface area contributed by atoms with E-state index >= 15 is 0 Å². The molecule has 1 aliphatic rings. The molecule has 5 heteroatoms. The Morgan fingerprint density at radius 3 is 2.94 bits per heavy atom. The first-order valence-electron chi connectivity index (χ1n) is 5.26. The van der Waals surface area contributed by atoms with Crippen LogP contribution in [0.1, 0.15) is 11.3 Å². The van der Waals surface area contributed by atoms with E-state index in [1.807, 2.05) is 19.0 Å². The Morgan fingerprint density at radius 1 is 1.69 bits per heavy atom. The molecule has 1 amide bonds. The van der Waals surface area contributed by atoms with Crippen LogP contribution in [0.25, 0.3) is 0 Å². The lowest BCUT2D eigenvalue weighted by atomic mass is 10.2. The van der Waals surface area contributed by atoms with Crippen molar-refractivity contribution >= 4 is 33.2 Å². The van der Waals surface area contributed by atoms with Gasteiger partial charge in [0.05, 0.1) is 6.04 Å². The molecule has 1 fully saturated rings. The Morgan fingerprint density at radius 2 is 2.44 bits per heavy atom. The molecule has 1 unspecified atom stereocenters. The van der Waals surface area contributed by atoms with E-state index in [4.69, 9.17) is 0 Å². The van der Waals surface area contributed by atoms with Crippen molar-refractivity contribution in [1.29, 1.82) is 0 Å². The van der Waals surface area contributed by atoms with Gasteiger partial charge in [0.1, 0.15) is 0 Å². The highest BCUT2D eigenvalue weighted by atomic mass is 79.9. The van der Waals surface area contributed by atoms with Crippen LogP contribution < -0.4 is 0 Å². The van der Waals surface area contributed by atoms with Gasteiger partial charge in [-0.25, -0.2) is 0 Å². The fourth-order valence-electron chi connectivity index (χ4n) is 2.01. The van der Waals surface area contributed by atoms with E-state index in [1.165, 1.54) is 4.88 Å². The van der Waals surface area contributed by atoms with Gasteiger partial charge in [0, 0.05) is 34.9 Å². The van der Waals surface area contributed by atoms with Crippen LogP contribution in [-0.2, 0) is 11.3 Å². The molecule has 0 N–H and O–H groups in total. The number of halogens is 1. The Hall–Kier alpha value is -0.390. The number of carbonyl (C=O) groups excluding carboxylic acids is 1. The number of amides is 1. The van der Waals surface area contributed by atoms with Gasteiger partial charge in [0.25, 0.3) is 0 Å². The summed E-state index contributed by atoms with van der Waals surface area (Å²) in [6, 6.07) is 2.18. The maximum absolute atomic E-state index is 11.8. The highest BCUT2D eigenvalue weighted by Gasteiger charge is 2.32. The van der Waals surface area contributed by atoms with Crippen molar-refractivity contribution in [1.82, 2.24) is 9.80 Å². The maximum atomic E-state index is 11.8. The van der Waals surface area contributed by atoms with Crippen molar-refractivity contribution in [3.8, 4) is 0 Å². The Kier molecular flexibility index (Phi) is 3.66. The van der Waals surface area contributed by atoms with Crippen LogP contribution in [-0.4, -0.2) is 42.4 Å². The first-order chi connectivity index (χ1) is 7.58. The molecule has 1 saturated heterocycles. The average Bonchev–Trinajstić information content (AvgIpc) is 2.76. The van der Waals surface area contributed by atoms with Crippen molar-refractivity contribution in [3.63, 3.8) is 0 Å². The summed E-state index contributed by atoms with van der Waals surface area (Å²) in [5, 5.41) is 2.08. The third-order valence-electron chi connectivity index (χ3n) is 2.96. The maximum Gasteiger partial charge on any atom is 0.239 e. The number of carbonyl (C=O) groups is 1. The second-order valence-corrected chi connectivity index (χ2v) is 6.12. The quantitative estimate of drug-likeness (QED) is 0.854. The molecule has 2 heterocycles. The summed E-state index contributed by atoms with van der Waals surface area (Å²) in [4.78, 5) is 17.1. The Labute approximate surface area is 108 Å². The molecular formula is C11H15BrN2OS. The average molecular weight is 303 g/mol. The van der Waals surface area contributed by atoms with Gasteiger partial charge in [0.2, 0.25) is 5.91 Å². The number of likely N-dealkylation sites (N-methyl/N-ethyl adjacent to an activating group) is 2. The van der Waals surface area contributed by atoms with E-state index < -0.39 is 0 Å². The molecule has 0 saturated carbocycles. The van der Waals surface area contributed by atoms with E-state index in [1.54, 1.807) is 11.3 Å². The number of thiophene rings is 1. The predicted molar refractivity (Wildman–Crippen MR) is 69.5 cm³/mol. The van der Waals surface area contributed by atoms with Crippen LogP contribution in [0, 0.1) is 0 Å². The molecule has 3 nitrogen and oxygen atoms in total. The lowest BCUT2D eigenvalue weighted by molar-refractivity contribution is -0.130. The molecule has 0 aliphatic carbocycles. The van der Waals surface area contributed by atoms with Crippen molar-refractivity contribution in [2.24, 2.45) is 0 Å². The zero-order valence-corrected chi connectivity index (χ0v) is 11.8. The van der Waals surface area contributed by atoms with E-state index in [-0.39, 0.29) is 11.9 Å². The van der Waals surface area contributed by atoms with Gasteiger partial charge < -0.3 is 4.90 Å². The van der Waals surface area contributed by atoms with Crippen molar-refractivity contribution in [2.75, 3.05) is 20.6 Å². The van der Waals surface area contributed by atoms with Gasteiger partial charge in [-0.2, -0.15) is 0 Å². The van der Waals surface area contributed by atoms with Crippen LogP contribution in [0.15, 0.2) is 15.9 Å². The van der Waals surface area contributed by atoms with Gasteiger partial charge in [-0.05, 0) is 35.5 Å². The third kappa shape index (κ3) is 2.47. The van der Waals surface area contributed by atoms with Crippen molar-refractivity contribution < 1.29 is 4.79 Å². The van der Waals surface area contributed by atoms with E-state index in [0.717, 1.165) is 24.0 Å². The summed E-state index contributed by atoms with van der Waals surface area (Å²) in [6.07, 6.45) is 0.943. The molecule has 2 rings (SSSR count). The van der Waals surface area contributed by atoms with Gasteiger partial charge >= 0.3 is 0 Å². The van der Waals surface area contributed by atoms with Gasteiger partial charge in [-0.15, -0.1) is 11.3 Å². The van der Waals surface area contributed by atoms with Crippen molar-refractivity contribution in [2.45, 2.75) is 19.0 Å². The normalized spacial score (nSPS) is 21.1. The molecule has 16 heavy (non-hydrogen) atoms. The van der Waals surface area contributed by atoms with Crippen molar-refractivity contribution in [3.05, 3.63) is 20.8 Å². The molecular weight excluding hydrogens is 288 g/mol. The minimum absolute atomic E-state index is 0.0610. The third-order valence-corrected chi connectivity index (χ3v) is 4.64. The highest BCUT2D eigenvalue weighted by Crippen LogP contribution is 2.23. The van der Waals surface area contributed by atoms with Gasteiger partial charge in [-0.3, -0.25) is 9.69 Å².